The van der Waals surface area contributed by atoms with Crippen molar-refractivity contribution in [3.63, 3.8) is 0 Å². The molecule has 43 heavy (non-hydrogen) atoms. The lowest BCUT2D eigenvalue weighted by Gasteiger charge is -2.34. The number of likely N-dealkylation sites (N-methyl/N-ethyl adjacent to an activating group) is 1. The van der Waals surface area contributed by atoms with Crippen molar-refractivity contribution in [1.82, 2.24) is 15.1 Å². The summed E-state index contributed by atoms with van der Waals surface area (Å²) in [5, 5.41) is 18.8. The van der Waals surface area contributed by atoms with Crippen LogP contribution in [0.25, 0.3) is 0 Å². The highest BCUT2D eigenvalue weighted by Crippen LogP contribution is 2.29. The van der Waals surface area contributed by atoms with Crippen LogP contribution in [0.4, 0.5) is 21.0 Å². The van der Waals surface area contributed by atoms with Gasteiger partial charge in [0.15, 0.2) is 0 Å². The molecule has 0 bridgehead atoms. The van der Waals surface area contributed by atoms with Crippen molar-refractivity contribution in [2.45, 2.75) is 70.6 Å². The first-order valence-corrected chi connectivity index (χ1v) is 15.1. The minimum atomic E-state index is -0.460. The molecule has 11 nitrogen and oxygen atoms in total. The fourth-order valence-electron chi connectivity index (χ4n) is 5.57. The smallest absolute Gasteiger partial charge is 0.321 e. The topological polar surface area (TPSA) is 132 Å². The average Bonchev–Trinajstić information content (AvgIpc) is 3.04. The van der Waals surface area contributed by atoms with Crippen molar-refractivity contribution >= 4 is 29.3 Å². The van der Waals surface area contributed by atoms with E-state index in [0.29, 0.717) is 35.0 Å². The van der Waals surface area contributed by atoms with E-state index in [2.05, 4.69) is 16.0 Å². The van der Waals surface area contributed by atoms with Crippen molar-refractivity contribution in [3.8, 4) is 11.5 Å². The molecule has 1 saturated carbocycles. The second-order valence-corrected chi connectivity index (χ2v) is 11.7. The molecule has 234 valence electrons. The molecule has 1 fully saturated rings. The van der Waals surface area contributed by atoms with Gasteiger partial charge in [0.2, 0.25) is 5.91 Å². The molecular weight excluding hydrogens is 550 g/mol. The van der Waals surface area contributed by atoms with E-state index in [1.54, 1.807) is 73.3 Å². The lowest BCUT2D eigenvalue weighted by molar-refractivity contribution is -0.134. The molecule has 0 spiro atoms. The summed E-state index contributed by atoms with van der Waals surface area (Å²) in [5.74, 6) is 0.899. The average molecular weight is 596 g/mol. The summed E-state index contributed by atoms with van der Waals surface area (Å²) < 4.78 is 11.7. The number of nitrogens with zero attached hydrogens (tertiary/aromatic N) is 2. The predicted molar refractivity (Wildman–Crippen MR) is 166 cm³/mol. The fourth-order valence-corrected chi connectivity index (χ4v) is 5.57. The van der Waals surface area contributed by atoms with Gasteiger partial charge in [-0.15, -0.1) is 0 Å². The zero-order valence-corrected chi connectivity index (χ0v) is 25.6. The van der Waals surface area contributed by atoms with E-state index < -0.39 is 12.1 Å². The minimum absolute atomic E-state index is 0.0483. The molecule has 11 heteroatoms. The van der Waals surface area contributed by atoms with Crippen LogP contribution in [0.2, 0.25) is 0 Å². The Kier molecular flexibility index (Phi) is 11.1. The number of carbonyl (C=O) groups is 3. The third-order valence-corrected chi connectivity index (χ3v) is 8.26. The maximum absolute atomic E-state index is 13.5. The SMILES string of the molecule is COc1ccc(NC(=O)N(C)C[C@@H]2Oc3ccc(NC(=O)NC4CCCCC4)cc3CC(=O)N([C@H](C)CO)C[C@@H]2C)cc1. The Bertz CT molecular complexity index is 1250. The van der Waals surface area contributed by atoms with Gasteiger partial charge >= 0.3 is 12.1 Å². The number of methoxy groups -OCH3 is 1. The molecule has 2 aromatic rings. The van der Waals surface area contributed by atoms with Gasteiger partial charge < -0.3 is 40.3 Å². The summed E-state index contributed by atoms with van der Waals surface area (Å²) in [6.45, 7) is 4.20. The lowest BCUT2D eigenvalue weighted by Crippen LogP contribution is -2.48. The molecule has 1 heterocycles. The highest BCUT2D eigenvalue weighted by Gasteiger charge is 2.32. The predicted octanol–water partition coefficient (Wildman–Crippen LogP) is 4.46. The quantitative estimate of drug-likeness (QED) is 0.356. The van der Waals surface area contributed by atoms with Gasteiger partial charge in [-0.05, 0) is 62.2 Å². The first-order chi connectivity index (χ1) is 20.7. The monoisotopic (exact) mass is 595 g/mol. The molecule has 0 unspecified atom stereocenters. The number of carbonyl (C=O) groups excluding carboxylic acids is 3. The van der Waals surface area contributed by atoms with Gasteiger partial charge in [-0.25, -0.2) is 9.59 Å². The number of ether oxygens (including phenoxy) is 2. The molecule has 1 aliphatic carbocycles. The molecular formula is C32H45N5O6. The van der Waals surface area contributed by atoms with Crippen LogP contribution >= 0.6 is 0 Å². The van der Waals surface area contributed by atoms with Crippen molar-refractivity contribution in [3.05, 3.63) is 48.0 Å². The minimum Gasteiger partial charge on any atom is -0.497 e. The molecule has 0 saturated heterocycles. The Labute approximate surface area is 253 Å². The van der Waals surface area contributed by atoms with E-state index in [4.69, 9.17) is 9.47 Å². The third kappa shape index (κ3) is 8.76. The van der Waals surface area contributed by atoms with Gasteiger partial charge in [0, 0.05) is 42.5 Å². The van der Waals surface area contributed by atoms with E-state index in [0.717, 1.165) is 25.7 Å². The van der Waals surface area contributed by atoms with E-state index in [-0.39, 0.29) is 49.5 Å². The van der Waals surface area contributed by atoms with Crippen LogP contribution < -0.4 is 25.4 Å². The van der Waals surface area contributed by atoms with Crippen molar-refractivity contribution in [2.24, 2.45) is 5.92 Å². The highest BCUT2D eigenvalue weighted by atomic mass is 16.5. The molecule has 4 rings (SSSR count). The molecule has 0 radical (unpaired) electrons. The molecule has 2 aliphatic rings. The van der Waals surface area contributed by atoms with Crippen LogP contribution in [0.15, 0.2) is 42.5 Å². The Balaban J connectivity index is 1.52. The number of anilines is 2. The summed E-state index contributed by atoms with van der Waals surface area (Å²) in [5.41, 5.74) is 1.82. The van der Waals surface area contributed by atoms with Crippen molar-refractivity contribution < 1.29 is 29.0 Å². The Morgan fingerprint density at radius 1 is 1.09 bits per heavy atom. The molecule has 0 aromatic heterocycles. The van der Waals surface area contributed by atoms with Crippen molar-refractivity contribution in [2.75, 3.05) is 44.5 Å². The maximum atomic E-state index is 13.5. The molecule has 5 amide bonds. The van der Waals surface area contributed by atoms with Crippen LogP contribution in [-0.4, -0.2) is 84.9 Å². The number of urea groups is 2. The van der Waals surface area contributed by atoms with Gasteiger partial charge in [-0.3, -0.25) is 4.79 Å². The number of rotatable bonds is 8. The highest BCUT2D eigenvalue weighted by molar-refractivity contribution is 5.90. The number of fused-ring (bicyclic) bond motifs is 1. The molecule has 2 aromatic carbocycles. The van der Waals surface area contributed by atoms with Gasteiger partial charge in [0.1, 0.15) is 17.6 Å². The Morgan fingerprint density at radius 2 is 1.79 bits per heavy atom. The number of hydrogen-bond donors (Lipinski definition) is 4. The zero-order valence-electron chi connectivity index (χ0n) is 25.6. The standard InChI is InChI=1S/C32H45N5O6/c1-21-18-37(22(2)20-38)30(39)17-23-16-26(34-31(40)33-24-8-6-5-7-9-24)12-15-28(23)43-29(21)19-36(3)32(41)35-25-10-13-27(42-4)14-11-25/h10-16,21-22,24,29,38H,5-9,17-20H2,1-4H3,(H,35,41)(H2,33,34,40)/t21-,22+,29-/m0/s1. The van der Waals surface area contributed by atoms with Gasteiger partial charge in [0.25, 0.3) is 0 Å². The number of amides is 5. The van der Waals surface area contributed by atoms with Gasteiger partial charge in [0.05, 0.1) is 32.7 Å². The van der Waals surface area contributed by atoms with Crippen molar-refractivity contribution in [1.29, 1.82) is 0 Å². The number of benzene rings is 2. The molecule has 4 N–H and O–H groups in total. The van der Waals surface area contributed by atoms with Crippen LogP contribution in [0.1, 0.15) is 51.5 Å². The van der Waals surface area contributed by atoms with E-state index in [1.165, 1.54) is 6.42 Å². The lowest BCUT2D eigenvalue weighted by atomic mass is 9.96. The maximum Gasteiger partial charge on any atom is 0.321 e. The largest absolute Gasteiger partial charge is 0.497 e. The van der Waals surface area contributed by atoms with Gasteiger partial charge in [-0.2, -0.15) is 0 Å². The first kappa shape index (κ1) is 31.9. The van der Waals surface area contributed by atoms with Crippen LogP contribution in [0.5, 0.6) is 11.5 Å². The second kappa shape index (κ2) is 15.0. The number of hydrogen-bond acceptors (Lipinski definition) is 6. The summed E-state index contributed by atoms with van der Waals surface area (Å²) in [6, 6.07) is 11.6. The number of aliphatic hydroxyl groups excluding tert-OH is 1. The Morgan fingerprint density at radius 3 is 2.47 bits per heavy atom. The number of aliphatic hydroxyl groups is 1. The summed E-state index contributed by atoms with van der Waals surface area (Å²) in [7, 11) is 3.28. The fraction of sp³-hybridized carbons (Fsp3) is 0.531. The van der Waals surface area contributed by atoms with Crippen LogP contribution in [0, 0.1) is 5.92 Å². The zero-order chi connectivity index (χ0) is 30.9. The summed E-state index contributed by atoms with van der Waals surface area (Å²) in [4.78, 5) is 42.5. The summed E-state index contributed by atoms with van der Waals surface area (Å²) >= 11 is 0. The van der Waals surface area contributed by atoms with Crippen LogP contribution in [0.3, 0.4) is 0 Å². The normalized spacial score (nSPS) is 19.9. The second-order valence-electron chi connectivity index (χ2n) is 11.7. The summed E-state index contributed by atoms with van der Waals surface area (Å²) in [6.07, 6.45) is 4.97. The van der Waals surface area contributed by atoms with E-state index in [1.807, 2.05) is 6.92 Å². The number of nitrogens with one attached hydrogen (secondary N) is 3. The van der Waals surface area contributed by atoms with Crippen LogP contribution in [-0.2, 0) is 11.2 Å². The van der Waals surface area contributed by atoms with E-state index in [9.17, 15) is 19.5 Å². The third-order valence-electron chi connectivity index (χ3n) is 8.26. The first-order valence-electron chi connectivity index (χ1n) is 15.1. The Hall–Kier alpha value is -3.99. The van der Waals surface area contributed by atoms with E-state index >= 15 is 0 Å². The molecule has 1 aliphatic heterocycles. The molecule has 3 atom stereocenters. The van der Waals surface area contributed by atoms with Gasteiger partial charge in [-0.1, -0.05) is 26.2 Å².